The first-order valence-electron chi connectivity index (χ1n) is 6.35. The number of benzene rings is 1. The lowest BCUT2D eigenvalue weighted by Crippen LogP contribution is -2.18. The topological polar surface area (TPSA) is 63.8 Å². The van der Waals surface area contributed by atoms with E-state index in [0.29, 0.717) is 11.0 Å². The first kappa shape index (κ1) is 12.2. The number of nitrogens with one attached hydrogen (secondary N) is 1. The van der Waals surface area contributed by atoms with E-state index in [4.69, 9.17) is 17.3 Å². The Morgan fingerprint density at radius 2 is 2.05 bits per heavy atom. The SMILES string of the molecule is Nc1ccc2c(c1)CCCC2Nc1ncc(Cl)cn1. The maximum absolute atomic E-state index is 5.84. The molecule has 1 unspecified atom stereocenters. The summed E-state index contributed by atoms with van der Waals surface area (Å²) >= 11 is 5.79. The Bertz CT molecular complexity index is 582. The van der Waals surface area contributed by atoms with Gasteiger partial charge in [0.2, 0.25) is 5.95 Å². The summed E-state index contributed by atoms with van der Waals surface area (Å²) in [5, 5.41) is 3.91. The van der Waals surface area contributed by atoms with Crippen LogP contribution in [0.5, 0.6) is 0 Å². The summed E-state index contributed by atoms with van der Waals surface area (Å²) in [6.07, 6.45) is 6.50. The van der Waals surface area contributed by atoms with Crippen molar-refractivity contribution in [2.75, 3.05) is 11.1 Å². The summed E-state index contributed by atoms with van der Waals surface area (Å²) in [7, 11) is 0. The molecule has 19 heavy (non-hydrogen) atoms. The highest BCUT2D eigenvalue weighted by atomic mass is 35.5. The zero-order chi connectivity index (χ0) is 13.2. The molecule has 0 bridgehead atoms. The van der Waals surface area contributed by atoms with Gasteiger partial charge in [-0.25, -0.2) is 9.97 Å². The van der Waals surface area contributed by atoms with Crippen LogP contribution in [0.25, 0.3) is 0 Å². The number of rotatable bonds is 2. The number of anilines is 2. The minimum Gasteiger partial charge on any atom is -0.399 e. The third-order valence-electron chi connectivity index (χ3n) is 3.41. The zero-order valence-electron chi connectivity index (χ0n) is 10.4. The Labute approximate surface area is 117 Å². The van der Waals surface area contributed by atoms with Gasteiger partial charge in [0.1, 0.15) is 0 Å². The zero-order valence-corrected chi connectivity index (χ0v) is 11.2. The molecule has 0 fully saturated rings. The fraction of sp³-hybridized carbons (Fsp3) is 0.286. The lowest BCUT2D eigenvalue weighted by molar-refractivity contribution is 0.596. The van der Waals surface area contributed by atoms with Crippen LogP contribution in [0.3, 0.4) is 0 Å². The van der Waals surface area contributed by atoms with Crippen LogP contribution < -0.4 is 11.1 Å². The lowest BCUT2D eigenvalue weighted by atomic mass is 9.87. The molecule has 4 nitrogen and oxygen atoms in total. The van der Waals surface area contributed by atoms with E-state index in [9.17, 15) is 0 Å². The molecule has 0 radical (unpaired) electrons. The number of halogens is 1. The number of aromatic nitrogens is 2. The largest absolute Gasteiger partial charge is 0.399 e. The first-order chi connectivity index (χ1) is 9.22. The highest BCUT2D eigenvalue weighted by Gasteiger charge is 2.20. The van der Waals surface area contributed by atoms with Gasteiger partial charge in [-0.1, -0.05) is 17.7 Å². The van der Waals surface area contributed by atoms with Crippen molar-refractivity contribution in [3.05, 3.63) is 46.7 Å². The van der Waals surface area contributed by atoms with E-state index >= 15 is 0 Å². The number of nitrogens with zero attached hydrogens (tertiary/aromatic N) is 2. The molecule has 1 aliphatic rings. The van der Waals surface area contributed by atoms with Crippen LogP contribution in [0, 0.1) is 0 Å². The van der Waals surface area contributed by atoms with E-state index in [-0.39, 0.29) is 6.04 Å². The van der Waals surface area contributed by atoms with Gasteiger partial charge in [-0.3, -0.25) is 0 Å². The number of aryl methyl sites for hydroxylation is 1. The quantitative estimate of drug-likeness (QED) is 0.826. The molecule has 0 saturated carbocycles. The lowest BCUT2D eigenvalue weighted by Gasteiger charge is -2.26. The van der Waals surface area contributed by atoms with Gasteiger partial charge in [0.25, 0.3) is 0 Å². The number of nitrogens with two attached hydrogens (primary N) is 1. The van der Waals surface area contributed by atoms with Crippen molar-refractivity contribution < 1.29 is 0 Å². The Morgan fingerprint density at radius 3 is 2.84 bits per heavy atom. The number of hydrogen-bond donors (Lipinski definition) is 2. The molecular weight excluding hydrogens is 260 g/mol. The van der Waals surface area contributed by atoms with Crippen molar-refractivity contribution in [1.29, 1.82) is 0 Å². The normalized spacial score (nSPS) is 17.8. The van der Waals surface area contributed by atoms with E-state index in [2.05, 4.69) is 27.4 Å². The van der Waals surface area contributed by atoms with Crippen molar-refractivity contribution in [2.24, 2.45) is 0 Å². The van der Waals surface area contributed by atoms with Crippen molar-refractivity contribution in [2.45, 2.75) is 25.3 Å². The standard InChI is InChI=1S/C14H15ClN4/c15-10-7-17-14(18-8-10)19-13-3-1-2-9-6-11(16)4-5-12(9)13/h4-8,13H,1-3,16H2,(H,17,18,19). The number of fused-ring (bicyclic) bond motifs is 1. The molecule has 5 heteroatoms. The molecule has 98 valence electrons. The average molecular weight is 275 g/mol. The number of nitrogen functional groups attached to an aromatic ring is 1. The van der Waals surface area contributed by atoms with E-state index in [1.165, 1.54) is 11.1 Å². The van der Waals surface area contributed by atoms with Gasteiger partial charge in [0, 0.05) is 5.69 Å². The summed E-state index contributed by atoms with van der Waals surface area (Å²) in [6, 6.07) is 6.34. The van der Waals surface area contributed by atoms with E-state index in [0.717, 1.165) is 24.9 Å². The molecule has 1 aromatic carbocycles. The van der Waals surface area contributed by atoms with Crippen LogP contribution in [0.15, 0.2) is 30.6 Å². The summed E-state index contributed by atoms with van der Waals surface area (Å²) in [4.78, 5) is 8.37. The molecule has 0 amide bonds. The van der Waals surface area contributed by atoms with Gasteiger partial charge in [0.15, 0.2) is 0 Å². The Kier molecular flexibility index (Phi) is 3.25. The molecule has 3 N–H and O–H groups in total. The molecule has 0 saturated heterocycles. The smallest absolute Gasteiger partial charge is 0.223 e. The highest BCUT2D eigenvalue weighted by molar-refractivity contribution is 6.30. The molecule has 2 aromatic rings. The van der Waals surface area contributed by atoms with Crippen molar-refractivity contribution in [3.63, 3.8) is 0 Å². The van der Waals surface area contributed by atoms with Gasteiger partial charge >= 0.3 is 0 Å². The van der Waals surface area contributed by atoms with Crippen molar-refractivity contribution >= 4 is 23.2 Å². The van der Waals surface area contributed by atoms with Gasteiger partial charge < -0.3 is 11.1 Å². The van der Waals surface area contributed by atoms with Gasteiger partial charge in [-0.15, -0.1) is 0 Å². The van der Waals surface area contributed by atoms with Crippen LogP contribution in [0.2, 0.25) is 5.02 Å². The summed E-state index contributed by atoms with van der Waals surface area (Å²) in [5.74, 6) is 0.610. The van der Waals surface area contributed by atoms with Crippen molar-refractivity contribution in [3.8, 4) is 0 Å². The predicted octanol–water partition coefficient (Wildman–Crippen LogP) is 3.20. The molecule has 0 aliphatic heterocycles. The molecule has 1 aromatic heterocycles. The highest BCUT2D eigenvalue weighted by Crippen LogP contribution is 2.32. The van der Waals surface area contributed by atoms with Gasteiger partial charge in [-0.05, 0) is 42.5 Å². The third-order valence-corrected chi connectivity index (χ3v) is 3.60. The predicted molar refractivity (Wildman–Crippen MR) is 77.2 cm³/mol. The van der Waals surface area contributed by atoms with Crippen molar-refractivity contribution in [1.82, 2.24) is 9.97 Å². The molecule has 0 spiro atoms. The molecular formula is C14H15ClN4. The van der Waals surface area contributed by atoms with Gasteiger partial charge in [0.05, 0.1) is 23.5 Å². The maximum atomic E-state index is 5.84. The van der Waals surface area contributed by atoms with Crippen LogP contribution >= 0.6 is 11.6 Å². The second-order valence-electron chi connectivity index (χ2n) is 4.77. The fourth-order valence-corrected chi connectivity index (χ4v) is 2.62. The summed E-state index contributed by atoms with van der Waals surface area (Å²) in [5.41, 5.74) is 9.27. The summed E-state index contributed by atoms with van der Waals surface area (Å²) in [6.45, 7) is 0. The monoisotopic (exact) mass is 274 g/mol. The minimum absolute atomic E-state index is 0.241. The number of hydrogen-bond acceptors (Lipinski definition) is 4. The average Bonchev–Trinajstić information content (AvgIpc) is 2.41. The molecule has 1 atom stereocenters. The summed E-state index contributed by atoms with van der Waals surface area (Å²) < 4.78 is 0. The Morgan fingerprint density at radius 1 is 1.26 bits per heavy atom. The van der Waals surface area contributed by atoms with E-state index < -0.39 is 0 Å². The third kappa shape index (κ3) is 2.63. The molecule has 1 aliphatic carbocycles. The minimum atomic E-state index is 0.241. The second kappa shape index (κ2) is 5.05. The Balaban J connectivity index is 1.85. The maximum Gasteiger partial charge on any atom is 0.223 e. The Hall–Kier alpha value is -1.81. The van der Waals surface area contributed by atoms with E-state index in [1.54, 1.807) is 12.4 Å². The van der Waals surface area contributed by atoms with Crippen LogP contribution in [-0.4, -0.2) is 9.97 Å². The van der Waals surface area contributed by atoms with Crippen LogP contribution in [0.4, 0.5) is 11.6 Å². The first-order valence-corrected chi connectivity index (χ1v) is 6.72. The molecule has 1 heterocycles. The van der Waals surface area contributed by atoms with Gasteiger partial charge in [-0.2, -0.15) is 0 Å². The van der Waals surface area contributed by atoms with Crippen LogP contribution in [-0.2, 0) is 6.42 Å². The molecule has 3 rings (SSSR count). The second-order valence-corrected chi connectivity index (χ2v) is 5.21. The fourth-order valence-electron chi connectivity index (χ4n) is 2.53. The van der Waals surface area contributed by atoms with E-state index in [1.807, 2.05) is 6.07 Å². The van der Waals surface area contributed by atoms with Crippen LogP contribution in [0.1, 0.15) is 30.0 Å².